The smallest absolute Gasteiger partial charge is 0.412 e. The minimum Gasteiger partial charge on any atom is -0.450 e. The van der Waals surface area contributed by atoms with E-state index in [1.807, 2.05) is 0 Å². The average molecular weight is 207 g/mol. The molecule has 0 atom stereocenters. The van der Waals surface area contributed by atoms with Crippen LogP contribution >= 0.6 is 0 Å². The van der Waals surface area contributed by atoms with Crippen LogP contribution in [0.4, 0.5) is 10.6 Å². The summed E-state index contributed by atoms with van der Waals surface area (Å²) in [4.78, 5) is 19.0. The predicted octanol–water partition coefficient (Wildman–Crippen LogP) is 0.921. The summed E-state index contributed by atoms with van der Waals surface area (Å²) in [5.41, 5.74) is 0.566. The molecule has 0 aromatic carbocycles. The van der Waals surface area contributed by atoms with Crippen molar-refractivity contribution in [3.05, 3.63) is 12.5 Å². The van der Waals surface area contributed by atoms with Crippen LogP contribution in [0.2, 0.25) is 0 Å². The number of fused-ring (bicyclic) bond motifs is 1. The van der Waals surface area contributed by atoms with E-state index in [9.17, 15) is 4.79 Å². The molecule has 0 fully saturated rings. The molecular formula is C8H9N5O2. The summed E-state index contributed by atoms with van der Waals surface area (Å²) >= 11 is 0. The first-order valence-electron chi connectivity index (χ1n) is 4.39. The molecule has 78 valence electrons. The molecule has 0 radical (unpaired) electrons. The second-order valence-electron chi connectivity index (χ2n) is 2.70. The van der Waals surface area contributed by atoms with Crippen LogP contribution < -0.4 is 5.32 Å². The Hall–Kier alpha value is -2.18. The lowest BCUT2D eigenvalue weighted by molar-refractivity contribution is 0.168. The number of amides is 1. The van der Waals surface area contributed by atoms with Gasteiger partial charge in [-0.25, -0.2) is 14.8 Å². The van der Waals surface area contributed by atoms with Crippen molar-refractivity contribution >= 4 is 22.9 Å². The van der Waals surface area contributed by atoms with E-state index in [1.54, 1.807) is 6.92 Å². The van der Waals surface area contributed by atoms with Crippen molar-refractivity contribution in [2.45, 2.75) is 6.92 Å². The molecule has 0 saturated carbocycles. The van der Waals surface area contributed by atoms with Crippen LogP contribution in [-0.4, -0.2) is 32.9 Å². The fourth-order valence-corrected chi connectivity index (χ4v) is 1.13. The number of anilines is 1. The van der Waals surface area contributed by atoms with E-state index < -0.39 is 6.09 Å². The first-order valence-corrected chi connectivity index (χ1v) is 4.39. The van der Waals surface area contributed by atoms with Crippen molar-refractivity contribution in [1.82, 2.24) is 20.2 Å². The van der Waals surface area contributed by atoms with Gasteiger partial charge in [0.25, 0.3) is 0 Å². The standard InChI is InChI=1S/C8H9N5O2/c1-2-15-8(14)12-6-5-3-11-13-7(5)10-4-9-6/h3-4H,2H2,1H3,(H2,9,10,11,12,13,14). The number of rotatable bonds is 2. The molecule has 15 heavy (non-hydrogen) atoms. The number of carbonyl (C=O) groups excluding carboxylic acids is 1. The number of aromatic nitrogens is 4. The van der Waals surface area contributed by atoms with E-state index in [0.29, 0.717) is 23.5 Å². The van der Waals surface area contributed by atoms with Crippen LogP contribution in [0.5, 0.6) is 0 Å². The van der Waals surface area contributed by atoms with Gasteiger partial charge in [0.05, 0.1) is 18.2 Å². The maximum absolute atomic E-state index is 11.2. The van der Waals surface area contributed by atoms with Crippen LogP contribution in [0.1, 0.15) is 6.92 Å². The molecule has 7 heteroatoms. The summed E-state index contributed by atoms with van der Waals surface area (Å²) in [5, 5.41) is 9.61. The molecule has 2 heterocycles. The van der Waals surface area contributed by atoms with Gasteiger partial charge in [0.2, 0.25) is 0 Å². The number of H-pyrrole nitrogens is 1. The van der Waals surface area contributed by atoms with Crippen LogP contribution in [0.3, 0.4) is 0 Å². The number of hydrogen-bond donors (Lipinski definition) is 2. The normalized spacial score (nSPS) is 10.2. The van der Waals surface area contributed by atoms with Crippen molar-refractivity contribution in [3.8, 4) is 0 Å². The highest BCUT2D eigenvalue weighted by atomic mass is 16.5. The summed E-state index contributed by atoms with van der Waals surface area (Å²) < 4.78 is 4.73. The first kappa shape index (κ1) is 9.38. The van der Waals surface area contributed by atoms with Crippen LogP contribution in [-0.2, 0) is 4.74 Å². The largest absolute Gasteiger partial charge is 0.450 e. The zero-order chi connectivity index (χ0) is 10.7. The van der Waals surface area contributed by atoms with E-state index in [-0.39, 0.29) is 0 Å². The zero-order valence-electron chi connectivity index (χ0n) is 8.02. The minimum absolute atomic E-state index is 0.311. The van der Waals surface area contributed by atoms with E-state index in [2.05, 4.69) is 25.5 Å². The molecule has 2 aromatic heterocycles. The van der Waals surface area contributed by atoms with Gasteiger partial charge in [-0.15, -0.1) is 0 Å². The summed E-state index contributed by atoms with van der Waals surface area (Å²) in [7, 11) is 0. The van der Waals surface area contributed by atoms with E-state index in [0.717, 1.165) is 0 Å². The molecule has 2 rings (SSSR count). The third-order valence-corrected chi connectivity index (χ3v) is 1.74. The predicted molar refractivity (Wildman–Crippen MR) is 52.3 cm³/mol. The molecule has 2 aromatic rings. The third-order valence-electron chi connectivity index (χ3n) is 1.74. The molecule has 7 nitrogen and oxygen atoms in total. The van der Waals surface area contributed by atoms with Crippen molar-refractivity contribution in [2.24, 2.45) is 0 Å². The number of nitrogens with one attached hydrogen (secondary N) is 2. The molecule has 0 saturated heterocycles. The van der Waals surface area contributed by atoms with Gasteiger partial charge in [-0.3, -0.25) is 10.4 Å². The molecule has 0 unspecified atom stereocenters. The second kappa shape index (κ2) is 3.91. The van der Waals surface area contributed by atoms with E-state index >= 15 is 0 Å². The fourth-order valence-electron chi connectivity index (χ4n) is 1.13. The quantitative estimate of drug-likeness (QED) is 0.763. The van der Waals surface area contributed by atoms with Gasteiger partial charge in [-0.2, -0.15) is 5.10 Å². The molecule has 1 amide bonds. The Morgan fingerprint density at radius 1 is 1.60 bits per heavy atom. The number of nitrogens with zero attached hydrogens (tertiary/aromatic N) is 3. The molecule has 0 aliphatic carbocycles. The number of aromatic amines is 1. The number of ether oxygens (including phenoxy) is 1. The maximum Gasteiger partial charge on any atom is 0.412 e. The van der Waals surface area contributed by atoms with Crippen molar-refractivity contribution < 1.29 is 9.53 Å². The van der Waals surface area contributed by atoms with Crippen molar-refractivity contribution in [3.63, 3.8) is 0 Å². The highest BCUT2D eigenvalue weighted by Crippen LogP contribution is 2.15. The maximum atomic E-state index is 11.2. The Balaban J connectivity index is 2.27. The lowest BCUT2D eigenvalue weighted by atomic mass is 10.4. The Bertz CT molecular complexity index is 481. The molecule has 0 aliphatic rings. The number of carbonyl (C=O) groups is 1. The van der Waals surface area contributed by atoms with Crippen LogP contribution in [0, 0.1) is 0 Å². The second-order valence-corrected chi connectivity index (χ2v) is 2.70. The molecular weight excluding hydrogens is 198 g/mol. The lowest BCUT2D eigenvalue weighted by Gasteiger charge is -2.03. The van der Waals surface area contributed by atoms with Gasteiger partial charge in [-0.1, -0.05) is 0 Å². The van der Waals surface area contributed by atoms with Gasteiger partial charge in [0.1, 0.15) is 12.1 Å². The van der Waals surface area contributed by atoms with Crippen molar-refractivity contribution in [1.29, 1.82) is 0 Å². The van der Waals surface area contributed by atoms with Crippen molar-refractivity contribution in [2.75, 3.05) is 11.9 Å². The van der Waals surface area contributed by atoms with Gasteiger partial charge < -0.3 is 4.74 Å². The van der Waals surface area contributed by atoms with Crippen LogP contribution in [0.25, 0.3) is 11.0 Å². The monoisotopic (exact) mass is 207 g/mol. The Morgan fingerprint density at radius 2 is 2.47 bits per heavy atom. The highest BCUT2D eigenvalue weighted by molar-refractivity contribution is 5.94. The summed E-state index contributed by atoms with van der Waals surface area (Å²) in [6.07, 6.45) is 2.33. The SMILES string of the molecule is CCOC(=O)Nc1ncnc2[nH]ncc12. The number of hydrogen-bond acceptors (Lipinski definition) is 5. The van der Waals surface area contributed by atoms with Gasteiger partial charge >= 0.3 is 6.09 Å². The summed E-state index contributed by atoms with van der Waals surface area (Å²) in [6, 6.07) is 0. The average Bonchev–Trinajstić information content (AvgIpc) is 2.67. The molecule has 0 bridgehead atoms. The Kier molecular flexibility index (Phi) is 2.44. The molecule has 0 spiro atoms. The Morgan fingerprint density at radius 3 is 3.27 bits per heavy atom. The highest BCUT2D eigenvalue weighted by Gasteiger charge is 2.08. The fraction of sp³-hybridized carbons (Fsp3) is 0.250. The topological polar surface area (TPSA) is 92.8 Å². The van der Waals surface area contributed by atoms with Gasteiger partial charge in [0, 0.05) is 0 Å². The van der Waals surface area contributed by atoms with Gasteiger partial charge in [0.15, 0.2) is 5.65 Å². The Labute approximate surface area is 84.9 Å². The first-order chi connectivity index (χ1) is 7.31. The minimum atomic E-state index is -0.543. The third kappa shape index (κ3) is 1.85. The molecule has 0 aliphatic heterocycles. The zero-order valence-corrected chi connectivity index (χ0v) is 8.02. The van der Waals surface area contributed by atoms with E-state index in [4.69, 9.17) is 4.74 Å². The van der Waals surface area contributed by atoms with Gasteiger partial charge in [-0.05, 0) is 6.92 Å². The van der Waals surface area contributed by atoms with E-state index in [1.165, 1.54) is 12.5 Å². The molecule has 2 N–H and O–H groups in total. The van der Waals surface area contributed by atoms with Crippen LogP contribution in [0.15, 0.2) is 12.5 Å². The summed E-state index contributed by atoms with van der Waals surface area (Å²) in [5.74, 6) is 0.382. The summed E-state index contributed by atoms with van der Waals surface area (Å²) in [6.45, 7) is 2.04. The lowest BCUT2D eigenvalue weighted by Crippen LogP contribution is -2.14.